The van der Waals surface area contributed by atoms with E-state index in [-0.39, 0.29) is 0 Å². The highest BCUT2D eigenvalue weighted by molar-refractivity contribution is 5.57. The van der Waals surface area contributed by atoms with Crippen molar-refractivity contribution in [3.63, 3.8) is 0 Å². The van der Waals surface area contributed by atoms with Crippen LogP contribution in [0, 0.1) is 0 Å². The van der Waals surface area contributed by atoms with Crippen molar-refractivity contribution in [1.29, 1.82) is 0 Å². The molecule has 0 radical (unpaired) electrons. The number of aromatic nitrogens is 1. The lowest BCUT2D eigenvalue weighted by atomic mass is 10.1. The number of hydrogen-bond donors (Lipinski definition) is 0. The lowest BCUT2D eigenvalue weighted by Gasteiger charge is -1.95. The zero-order valence-corrected chi connectivity index (χ0v) is 8.57. The normalized spacial score (nSPS) is 11.9. The Morgan fingerprint density at radius 3 is 2.60 bits per heavy atom. The van der Waals surface area contributed by atoms with E-state index >= 15 is 0 Å². The van der Waals surface area contributed by atoms with E-state index in [1.54, 1.807) is 18.2 Å². The van der Waals surface area contributed by atoms with Crippen LogP contribution in [0.5, 0.6) is 0 Å². The van der Waals surface area contributed by atoms with Crippen molar-refractivity contribution in [1.82, 2.24) is 4.98 Å². The van der Waals surface area contributed by atoms with Crippen molar-refractivity contribution in [2.45, 2.75) is 0 Å². The summed E-state index contributed by atoms with van der Waals surface area (Å²) in [5, 5.41) is 0.594. The molecule has 0 atom stereocenters. The molecule has 1 aromatic heterocycles. The quantitative estimate of drug-likeness (QED) is 0.690. The van der Waals surface area contributed by atoms with Gasteiger partial charge < -0.3 is 4.42 Å². The van der Waals surface area contributed by atoms with Gasteiger partial charge in [0.1, 0.15) is 5.35 Å². The summed E-state index contributed by atoms with van der Waals surface area (Å²) in [6, 6.07) is 0. The van der Waals surface area contributed by atoms with Crippen LogP contribution in [-0.4, -0.2) is 4.98 Å². The third kappa shape index (κ3) is 2.95. The summed E-state index contributed by atoms with van der Waals surface area (Å²) < 4.78 is 5.11. The summed E-state index contributed by atoms with van der Waals surface area (Å²) in [7, 11) is 0. The molecule has 0 saturated carbocycles. The Balaban J connectivity index is 2.94. The van der Waals surface area contributed by atoms with E-state index < -0.39 is 0 Å². The Bertz CT molecular complexity index is 517. The summed E-state index contributed by atoms with van der Waals surface area (Å²) >= 11 is 0. The summed E-state index contributed by atoms with van der Waals surface area (Å²) in [6.07, 6.45) is 8.41. The van der Waals surface area contributed by atoms with Gasteiger partial charge in [0.2, 0.25) is 0 Å². The highest BCUT2D eigenvalue weighted by Crippen LogP contribution is 2.07. The van der Waals surface area contributed by atoms with Gasteiger partial charge in [-0.1, -0.05) is 44.5 Å². The van der Waals surface area contributed by atoms with Gasteiger partial charge >= 0.3 is 0 Å². The molecule has 0 N–H and O–H groups in total. The molecule has 0 fully saturated rings. The highest BCUT2D eigenvalue weighted by Gasteiger charge is 1.94. The van der Waals surface area contributed by atoms with Gasteiger partial charge in [-0.15, -0.1) is 0 Å². The third-order valence-electron chi connectivity index (χ3n) is 1.82. The third-order valence-corrected chi connectivity index (χ3v) is 1.82. The predicted molar refractivity (Wildman–Crippen MR) is 63.4 cm³/mol. The Morgan fingerprint density at radius 1 is 1.33 bits per heavy atom. The molecule has 0 amide bonds. The Labute approximate surface area is 89.0 Å². The first-order chi connectivity index (χ1) is 7.15. The zero-order chi connectivity index (χ0) is 11.3. The van der Waals surface area contributed by atoms with E-state index in [9.17, 15) is 0 Å². The standard InChI is InChI=1S/C13H13NO/c1-5-6-7-10(2)11(3)8-13-12(4)14-9-15-13/h5-9H,1-4H2/b7-6-,13-8+. The molecule has 1 heterocycles. The van der Waals surface area contributed by atoms with Crippen LogP contribution in [0.2, 0.25) is 0 Å². The van der Waals surface area contributed by atoms with Gasteiger partial charge in [-0.3, -0.25) is 0 Å². The molecular formula is C13H13NO. The number of nitrogens with zero attached hydrogens (tertiary/aromatic N) is 1. The molecule has 0 aliphatic heterocycles. The Morgan fingerprint density at radius 2 is 2.07 bits per heavy atom. The second-order valence-electron chi connectivity index (χ2n) is 2.95. The molecule has 0 spiro atoms. The van der Waals surface area contributed by atoms with Gasteiger partial charge in [0.25, 0.3) is 0 Å². The molecule has 76 valence electrons. The van der Waals surface area contributed by atoms with Crippen LogP contribution in [0.3, 0.4) is 0 Å². The minimum absolute atomic E-state index is 0.594. The predicted octanol–water partition coefficient (Wildman–Crippen LogP) is 1.72. The van der Waals surface area contributed by atoms with E-state index in [1.165, 1.54) is 6.39 Å². The minimum Gasteiger partial charge on any atom is -0.443 e. The fourth-order valence-electron chi connectivity index (χ4n) is 0.938. The van der Waals surface area contributed by atoms with E-state index in [2.05, 4.69) is 31.3 Å². The van der Waals surface area contributed by atoms with E-state index in [4.69, 9.17) is 4.42 Å². The monoisotopic (exact) mass is 199 g/mol. The summed E-state index contributed by atoms with van der Waals surface area (Å²) in [6.45, 7) is 15.0. The molecule has 0 aliphatic rings. The van der Waals surface area contributed by atoms with Crippen molar-refractivity contribution in [3.8, 4) is 0 Å². The molecule has 1 aromatic rings. The summed E-state index contributed by atoms with van der Waals surface area (Å²) in [4.78, 5) is 3.88. The SMILES string of the molecule is C=C/C=C\C(=C)C(=C)/C=c1/ocnc1=C. The lowest BCUT2D eigenvalue weighted by molar-refractivity contribution is 0.524. The largest absolute Gasteiger partial charge is 0.443 e. The van der Waals surface area contributed by atoms with Crippen molar-refractivity contribution >= 4 is 12.7 Å². The fraction of sp³-hybridized carbons (Fsp3) is 0. The Kier molecular flexibility index (Phi) is 3.63. The minimum atomic E-state index is 0.594. The Hall–Kier alpha value is -2.09. The van der Waals surface area contributed by atoms with E-state index in [0.717, 1.165) is 11.1 Å². The van der Waals surface area contributed by atoms with Crippen molar-refractivity contribution < 1.29 is 4.42 Å². The molecule has 15 heavy (non-hydrogen) atoms. The average molecular weight is 199 g/mol. The average Bonchev–Trinajstić information content (AvgIpc) is 2.61. The number of oxazole rings is 1. The molecule has 0 unspecified atom stereocenters. The maximum absolute atomic E-state index is 5.11. The first kappa shape index (κ1) is 11.0. The first-order valence-corrected chi connectivity index (χ1v) is 4.42. The zero-order valence-electron chi connectivity index (χ0n) is 8.57. The number of allylic oxidation sites excluding steroid dienone is 5. The van der Waals surface area contributed by atoms with Crippen LogP contribution in [-0.2, 0) is 0 Å². The highest BCUT2D eigenvalue weighted by atomic mass is 16.3. The van der Waals surface area contributed by atoms with Crippen LogP contribution in [0.1, 0.15) is 0 Å². The second kappa shape index (κ2) is 4.96. The molecule has 2 nitrogen and oxygen atoms in total. The van der Waals surface area contributed by atoms with Crippen LogP contribution in [0.25, 0.3) is 12.7 Å². The second-order valence-corrected chi connectivity index (χ2v) is 2.95. The smallest absolute Gasteiger partial charge is 0.181 e. The fourth-order valence-corrected chi connectivity index (χ4v) is 0.938. The summed E-state index contributed by atoms with van der Waals surface area (Å²) in [5.41, 5.74) is 2.16. The van der Waals surface area contributed by atoms with E-state index in [0.29, 0.717) is 10.8 Å². The van der Waals surface area contributed by atoms with Crippen molar-refractivity contribution in [2.24, 2.45) is 0 Å². The van der Waals surface area contributed by atoms with Crippen molar-refractivity contribution in [3.05, 3.63) is 66.3 Å². The van der Waals surface area contributed by atoms with Crippen LogP contribution < -0.4 is 10.8 Å². The number of hydrogen-bond acceptors (Lipinski definition) is 2. The van der Waals surface area contributed by atoms with Crippen LogP contribution in [0.15, 0.2) is 59.9 Å². The van der Waals surface area contributed by atoms with Gasteiger partial charge in [0.15, 0.2) is 11.8 Å². The molecule has 0 aromatic carbocycles. The maximum atomic E-state index is 5.11. The van der Waals surface area contributed by atoms with E-state index in [1.807, 2.05) is 6.08 Å². The molecule has 2 heteroatoms. The molecule has 0 saturated heterocycles. The first-order valence-electron chi connectivity index (χ1n) is 4.42. The maximum Gasteiger partial charge on any atom is 0.181 e. The molecular weight excluding hydrogens is 186 g/mol. The van der Waals surface area contributed by atoms with Crippen molar-refractivity contribution in [2.75, 3.05) is 0 Å². The lowest BCUT2D eigenvalue weighted by Crippen LogP contribution is -2.20. The molecule has 0 bridgehead atoms. The van der Waals surface area contributed by atoms with Gasteiger partial charge in [-0.2, -0.15) is 0 Å². The molecule has 1 rings (SSSR count). The van der Waals surface area contributed by atoms with Crippen LogP contribution >= 0.6 is 0 Å². The number of rotatable bonds is 4. The van der Waals surface area contributed by atoms with Crippen LogP contribution in [0.4, 0.5) is 0 Å². The van der Waals surface area contributed by atoms with Gasteiger partial charge in [-0.05, 0) is 17.2 Å². The summed E-state index contributed by atoms with van der Waals surface area (Å²) in [5.74, 6) is 0. The topological polar surface area (TPSA) is 26.0 Å². The van der Waals surface area contributed by atoms with Gasteiger partial charge in [0.05, 0.1) is 0 Å². The van der Waals surface area contributed by atoms with Gasteiger partial charge in [0, 0.05) is 0 Å². The molecule has 0 aliphatic carbocycles. The van der Waals surface area contributed by atoms with Gasteiger partial charge in [-0.25, -0.2) is 4.98 Å².